The molecule has 2 aromatic carbocycles. The fourth-order valence-electron chi connectivity index (χ4n) is 2.67. The molecule has 0 saturated heterocycles. The topological polar surface area (TPSA) is 123 Å². The lowest BCUT2D eigenvalue weighted by Crippen LogP contribution is -2.21. The smallest absolute Gasteiger partial charge is 0.269 e. The van der Waals surface area contributed by atoms with Gasteiger partial charge < -0.3 is 0 Å². The van der Waals surface area contributed by atoms with E-state index in [0.717, 1.165) is 0 Å². The summed E-state index contributed by atoms with van der Waals surface area (Å²) in [5, 5.41) is 10.2. The van der Waals surface area contributed by atoms with Gasteiger partial charge in [0.15, 0.2) is 0 Å². The molecule has 1 heterocycles. The summed E-state index contributed by atoms with van der Waals surface area (Å²) in [5.41, 5.74) is 0.783. The Hall–Kier alpha value is -3.40. The highest BCUT2D eigenvalue weighted by Crippen LogP contribution is 2.18. The first-order valence-electron chi connectivity index (χ1n) is 8.46. The third-order valence-electron chi connectivity index (χ3n) is 4.31. The van der Waals surface area contributed by atoms with E-state index in [4.69, 9.17) is 0 Å². The number of benzene rings is 2. The van der Waals surface area contributed by atoms with Crippen molar-refractivity contribution in [1.29, 1.82) is 0 Å². The molecule has 0 saturated carbocycles. The van der Waals surface area contributed by atoms with Crippen LogP contribution in [0.5, 0.6) is 0 Å². The number of non-ortho nitro benzene ring substituents is 1. The zero-order valence-corrected chi connectivity index (χ0v) is 16.1. The highest BCUT2D eigenvalue weighted by molar-refractivity contribution is 7.90. The minimum atomic E-state index is -4.00. The number of nitrogens with one attached hydrogen (secondary N) is 1. The summed E-state index contributed by atoms with van der Waals surface area (Å²) < 4.78 is 38.5. The Labute approximate surface area is 165 Å². The molecule has 0 atom stereocenters. The number of nitrogens with zero attached hydrogens (tertiary/aromatic N) is 2. The van der Waals surface area contributed by atoms with E-state index >= 15 is 0 Å². The number of rotatable bonds is 6. The maximum absolute atomic E-state index is 13.1. The Balaban J connectivity index is 1.92. The maximum Gasteiger partial charge on any atom is 0.269 e. The van der Waals surface area contributed by atoms with Gasteiger partial charge in [0.25, 0.3) is 11.2 Å². The Morgan fingerprint density at radius 3 is 2.24 bits per heavy atom. The molecule has 0 fully saturated rings. The van der Waals surface area contributed by atoms with Gasteiger partial charge in [0.05, 0.1) is 16.4 Å². The van der Waals surface area contributed by atoms with Crippen molar-refractivity contribution in [3.05, 3.63) is 97.2 Å². The normalized spacial score (nSPS) is 11.4. The second-order valence-electron chi connectivity index (χ2n) is 6.43. The lowest BCUT2D eigenvalue weighted by atomic mass is 10.1. The van der Waals surface area contributed by atoms with Crippen molar-refractivity contribution in [1.82, 2.24) is 9.97 Å². The molecule has 29 heavy (non-hydrogen) atoms. The van der Waals surface area contributed by atoms with Gasteiger partial charge in [0.1, 0.15) is 5.82 Å². The minimum absolute atomic E-state index is 0.158. The van der Waals surface area contributed by atoms with Crippen LogP contribution < -0.4 is 5.56 Å². The predicted octanol–water partition coefficient (Wildman–Crippen LogP) is 2.69. The molecule has 0 unspecified atom stereocenters. The second kappa shape index (κ2) is 7.92. The van der Waals surface area contributed by atoms with Crippen molar-refractivity contribution in [3.63, 3.8) is 0 Å². The van der Waals surface area contributed by atoms with Gasteiger partial charge in [-0.15, -0.1) is 0 Å². The van der Waals surface area contributed by atoms with Crippen molar-refractivity contribution >= 4 is 15.5 Å². The fraction of sp³-hybridized carbons (Fsp3) is 0.158. The van der Waals surface area contributed by atoms with Crippen LogP contribution >= 0.6 is 0 Å². The van der Waals surface area contributed by atoms with Crippen molar-refractivity contribution in [2.45, 2.75) is 24.3 Å². The van der Waals surface area contributed by atoms with Gasteiger partial charge in [-0.2, -0.15) is 0 Å². The number of aromatic nitrogens is 2. The first-order chi connectivity index (χ1) is 13.7. The summed E-state index contributed by atoms with van der Waals surface area (Å²) >= 11 is 0. The molecule has 0 radical (unpaired) electrons. The summed E-state index contributed by atoms with van der Waals surface area (Å²) in [4.78, 5) is 28.8. The van der Waals surface area contributed by atoms with Gasteiger partial charge >= 0.3 is 0 Å². The van der Waals surface area contributed by atoms with Crippen LogP contribution in [0.2, 0.25) is 0 Å². The summed E-state index contributed by atoms with van der Waals surface area (Å²) in [6.45, 7) is 1.53. The van der Waals surface area contributed by atoms with Crippen molar-refractivity contribution in [3.8, 4) is 0 Å². The number of aromatic amines is 1. The Morgan fingerprint density at radius 2 is 1.66 bits per heavy atom. The zero-order chi connectivity index (χ0) is 21.2. The van der Waals surface area contributed by atoms with Crippen LogP contribution in [0.4, 0.5) is 10.1 Å². The van der Waals surface area contributed by atoms with Crippen LogP contribution in [0, 0.1) is 22.9 Å². The van der Waals surface area contributed by atoms with E-state index in [2.05, 4.69) is 9.97 Å². The van der Waals surface area contributed by atoms with Crippen LogP contribution in [0.3, 0.4) is 0 Å². The van der Waals surface area contributed by atoms with Gasteiger partial charge in [0, 0.05) is 24.1 Å². The largest absolute Gasteiger partial charge is 0.297 e. The zero-order valence-electron chi connectivity index (χ0n) is 15.3. The number of H-pyrrole nitrogens is 1. The highest BCUT2D eigenvalue weighted by atomic mass is 32.2. The molecule has 10 heteroatoms. The molecule has 1 aromatic heterocycles. The Kier molecular flexibility index (Phi) is 5.55. The van der Waals surface area contributed by atoms with E-state index in [0.29, 0.717) is 11.1 Å². The fourth-order valence-corrected chi connectivity index (χ4v) is 3.94. The van der Waals surface area contributed by atoms with Crippen LogP contribution in [-0.2, 0) is 22.0 Å². The van der Waals surface area contributed by atoms with Gasteiger partial charge in [-0.3, -0.25) is 19.9 Å². The summed E-state index contributed by atoms with van der Waals surface area (Å²) in [6, 6.07) is 10.7. The molecular formula is C19H16FN3O5S. The Morgan fingerprint density at radius 1 is 1.07 bits per heavy atom. The first-order valence-corrected chi connectivity index (χ1v) is 10.1. The number of halogens is 1. The summed E-state index contributed by atoms with van der Waals surface area (Å²) in [5.74, 6) is -0.886. The number of nitro benzene ring substituents is 1. The molecule has 3 rings (SSSR count). The van der Waals surface area contributed by atoms with Crippen LogP contribution in [0.25, 0.3) is 0 Å². The third kappa shape index (κ3) is 4.72. The average molecular weight is 417 g/mol. The molecule has 0 amide bonds. The van der Waals surface area contributed by atoms with Crippen molar-refractivity contribution in [2.24, 2.45) is 0 Å². The van der Waals surface area contributed by atoms with Gasteiger partial charge in [0.2, 0.25) is 15.0 Å². The quantitative estimate of drug-likeness (QED) is 0.374. The number of sulfone groups is 1. The molecule has 1 N–H and O–H groups in total. The molecule has 0 bridgehead atoms. The monoisotopic (exact) mass is 417 g/mol. The number of nitro groups is 1. The lowest BCUT2D eigenvalue weighted by Gasteiger charge is -2.09. The van der Waals surface area contributed by atoms with Gasteiger partial charge in [-0.25, -0.2) is 17.8 Å². The summed E-state index contributed by atoms with van der Waals surface area (Å²) in [6.07, 6.45) is 0.163. The lowest BCUT2D eigenvalue weighted by molar-refractivity contribution is -0.384. The molecule has 0 spiro atoms. The second-order valence-corrected chi connectivity index (χ2v) is 8.33. The first kappa shape index (κ1) is 20.3. The van der Waals surface area contributed by atoms with E-state index in [1.54, 1.807) is 0 Å². The SMILES string of the molecule is Cc1c(Cc2ccc(F)cc2)nc(S(=O)(=O)Cc2ccc([N+](=O)[O-])cc2)[nH]c1=O. The van der Waals surface area contributed by atoms with E-state index in [-0.39, 0.29) is 23.4 Å². The summed E-state index contributed by atoms with van der Waals surface area (Å²) in [7, 11) is -4.00. The molecule has 0 aliphatic heterocycles. The van der Waals surface area contributed by atoms with Crippen LogP contribution in [0.1, 0.15) is 22.4 Å². The number of hydrogen-bond donors (Lipinski definition) is 1. The highest BCUT2D eigenvalue weighted by Gasteiger charge is 2.21. The molecular weight excluding hydrogens is 401 g/mol. The minimum Gasteiger partial charge on any atom is -0.297 e. The molecule has 150 valence electrons. The maximum atomic E-state index is 13.1. The molecule has 0 aliphatic carbocycles. The number of hydrogen-bond acceptors (Lipinski definition) is 6. The molecule has 0 aliphatic rings. The average Bonchev–Trinajstić information content (AvgIpc) is 2.67. The standard InChI is InChI=1S/C19H16FN3O5S/c1-12-17(10-13-2-6-15(20)7-3-13)21-19(22-18(12)24)29(27,28)11-14-4-8-16(9-5-14)23(25)26/h2-9H,10-11H2,1H3,(H,21,22,24). The third-order valence-corrected chi connectivity index (χ3v) is 5.81. The molecule has 8 nitrogen and oxygen atoms in total. The van der Waals surface area contributed by atoms with Crippen LogP contribution in [0.15, 0.2) is 58.5 Å². The van der Waals surface area contributed by atoms with E-state index in [9.17, 15) is 27.7 Å². The van der Waals surface area contributed by atoms with E-state index < -0.39 is 37.0 Å². The van der Waals surface area contributed by atoms with E-state index in [1.165, 1.54) is 55.5 Å². The van der Waals surface area contributed by atoms with Gasteiger partial charge in [-0.05, 0) is 30.2 Å². The van der Waals surface area contributed by atoms with E-state index in [1.807, 2.05) is 0 Å². The van der Waals surface area contributed by atoms with Crippen LogP contribution in [-0.4, -0.2) is 23.3 Å². The molecule has 3 aromatic rings. The van der Waals surface area contributed by atoms with Crippen molar-refractivity contribution < 1.29 is 17.7 Å². The van der Waals surface area contributed by atoms with Crippen molar-refractivity contribution in [2.75, 3.05) is 0 Å². The Bertz CT molecular complexity index is 1220. The predicted molar refractivity (Wildman–Crippen MR) is 103 cm³/mol. The van der Waals surface area contributed by atoms with Gasteiger partial charge in [-0.1, -0.05) is 24.3 Å².